The van der Waals surface area contributed by atoms with Crippen molar-refractivity contribution < 1.29 is 13.3 Å². The molecule has 2 heterocycles. The molecule has 0 saturated carbocycles. The third-order valence-corrected chi connectivity index (χ3v) is 5.92. The van der Waals surface area contributed by atoms with Crippen LogP contribution in [0.1, 0.15) is 18.7 Å². The second kappa shape index (κ2) is 6.06. The standard InChI is InChI=1S/C11H10ClN3O4S2/c1-7(8-4-2-3-5-13-8)14-21(18,19)10-6-9(15(16)17)11(12)20-10/h2-7,14H,1H3. The summed E-state index contributed by atoms with van der Waals surface area (Å²) in [7, 11) is -3.90. The molecule has 0 spiro atoms. The summed E-state index contributed by atoms with van der Waals surface area (Å²) in [5.41, 5.74) is 0.116. The number of pyridine rings is 1. The first kappa shape index (κ1) is 15.8. The minimum absolute atomic E-state index is 0.175. The molecular weight excluding hydrogens is 338 g/mol. The first-order chi connectivity index (χ1) is 9.81. The van der Waals surface area contributed by atoms with E-state index in [1.54, 1.807) is 31.3 Å². The zero-order valence-corrected chi connectivity index (χ0v) is 13.1. The lowest BCUT2D eigenvalue weighted by atomic mass is 10.2. The highest BCUT2D eigenvalue weighted by molar-refractivity contribution is 7.91. The van der Waals surface area contributed by atoms with Gasteiger partial charge in [0.2, 0.25) is 0 Å². The van der Waals surface area contributed by atoms with Crippen LogP contribution in [0, 0.1) is 10.1 Å². The maximum absolute atomic E-state index is 12.2. The van der Waals surface area contributed by atoms with E-state index >= 15 is 0 Å². The zero-order chi connectivity index (χ0) is 15.6. The lowest BCUT2D eigenvalue weighted by Gasteiger charge is -2.12. The highest BCUT2D eigenvalue weighted by Crippen LogP contribution is 2.36. The first-order valence-electron chi connectivity index (χ1n) is 5.68. The van der Waals surface area contributed by atoms with Crippen molar-refractivity contribution >= 4 is 38.6 Å². The number of halogens is 1. The Balaban J connectivity index is 2.27. The number of nitrogens with zero attached hydrogens (tertiary/aromatic N) is 2. The summed E-state index contributed by atoms with van der Waals surface area (Å²) in [4.78, 5) is 14.0. The summed E-state index contributed by atoms with van der Waals surface area (Å²) in [6.07, 6.45) is 1.55. The van der Waals surface area contributed by atoms with Crippen molar-refractivity contribution in [1.29, 1.82) is 0 Å². The van der Waals surface area contributed by atoms with Gasteiger partial charge in [-0.15, -0.1) is 11.3 Å². The van der Waals surface area contributed by atoms with Gasteiger partial charge in [-0.05, 0) is 19.1 Å². The van der Waals surface area contributed by atoms with Gasteiger partial charge in [0.25, 0.3) is 15.7 Å². The third-order valence-electron chi connectivity index (χ3n) is 2.57. The normalized spacial score (nSPS) is 13.0. The molecule has 0 amide bonds. The molecule has 0 aliphatic heterocycles. The quantitative estimate of drug-likeness (QED) is 0.661. The van der Waals surface area contributed by atoms with Crippen LogP contribution in [-0.2, 0) is 10.0 Å². The number of hydrogen-bond acceptors (Lipinski definition) is 6. The van der Waals surface area contributed by atoms with Gasteiger partial charge in [0, 0.05) is 12.3 Å². The average Bonchev–Trinajstić information content (AvgIpc) is 2.82. The molecule has 1 unspecified atom stereocenters. The van der Waals surface area contributed by atoms with Gasteiger partial charge in [-0.1, -0.05) is 17.7 Å². The Bertz CT molecular complexity index is 761. The van der Waals surface area contributed by atoms with Gasteiger partial charge in [-0.2, -0.15) is 0 Å². The van der Waals surface area contributed by atoms with Crippen LogP contribution in [0.3, 0.4) is 0 Å². The molecule has 0 aromatic carbocycles. The van der Waals surface area contributed by atoms with Crippen molar-refractivity contribution in [1.82, 2.24) is 9.71 Å². The molecule has 1 atom stereocenters. The minimum atomic E-state index is -3.90. The average molecular weight is 348 g/mol. The van der Waals surface area contributed by atoms with Crippen LogP contribution in [0.25, 0.3) is 0 Å². The molecule has 0 fully saturated rings. The van der Waals surface area contributed by atoms with E-state index in [1.807, 2.05) is 0 Å². The minimum Gasteiger partial charge on any atom is -0.260 e. The van der Waals surface area contributed by atoms with Crippen molar-refractivity contribution in [2.24, 2.45) is 0 Å². The van der Waals surface area contributed by atoms with Gasteiger partial charge in [-0.25, -0.2) is 13.1 Å². The lowest BCUT2D eigenvalue weighted by Crippen LogP contribution is -2.26. The molecule has 7 nitrogen and oxygen atoms in total. The fourth-order valence-corrected chi connectivity index (χ4v) is 4.48. The number of hydrogen-bond donors (Lipinski definition) is 1. The maximum Gasteiger partial charge on any atom is 0.300 e. The van der Waals surface area contributed by atoms with E-state index in [1.165, 1.54) is 0 Å². The number of thiophene rings is 1. The molecular formula is C11H10ClN3O4S2. The second-order valence-electron chi connectivity index (χ2n) is 4.08. The summed E-state index contributed by atoms with van der Waals surface area (Å²) in [5, 5.41) is 10.7. The van der Waals surface area contributed by atoms with Crippen molar-refractivity contribution in [3.8, 4) is 0 Å². The lowest BCUT2D eigenvalue weighted by molar-refractivity contribution is -0.384. The molecule has 112 valence electrons. The highest BCUT2D eigenvalue weighted by Gasteiger charge is 2.26. The van der Waals surface area contributed by atoms with E-state index in [0.717, 1.165) is 6.07 Å². The molecule has 10 heteroatoms. The number of sulfonamides is 1. The van der Waals surface area contributed by atoms with E-state index < -0.39 is 26.7 Å². The monoisotopic (exact) mass is 347 g/mol. The van der Waals surface area contributed by atoms with E-state index in [9.17, 15) is 18.5 Å². The van der Waals surface area contributed by atoms with Gasteiger partial charge in [0.1, 0.15) is 4.21 Å². The Hall–Kier alpha value is -1.55. The van der Waals surface area contributed by atoms with E-state index in [2.05, 4.69) is 9.71 Å². The highest BCUT2D eigenvalue weighted by atomic mass is 35.5. The fraction of sp³-hybridized carbons (Fsp3) is 0.182. The van der Waals surface area contributed by atoms with Crippen molar-refractivity contribution in [2.45, 2.75) is 17.2 Å². The van der Waals surface area contributed by atoms with Crippen LogP contribution in [0.2, 0.25) is 4.34 Å². The Kier molecular flexibility index (Phi) is 4.57. The summed E-state index contributed by atoms with van der Waals surface area (Å²) in [6, 6.07) is 5.50. The predicted molar refractivity (Wildman–Crippen MR) is 79.0 cm³/mol. The van der Waals surface area contributed by atoms with Crippen LogP contribution in [-0.4, -0.2) is 18.3 Å². The number of rotatable bonds is 5. The van der Waals surface area contributed by atoms with Gasteiger partial charge >= 0.3 is 0 Å². The summed E-state index contributed by atoms with van der Waals surface area (Å²) in [5.74, 6) is 0. The molecule has 2 aromatic heterocycles. The van der Waals surface area contributed by atoms with Crippen LogP contribution in [0.15, 0.2) is 34.7 Å². The largest absolute Gasteiger partial charge is 0.300 e. The van der Waals surface area contributed by atoms with E-state index in [4.69, 9.17) is 11.6 Å². The zero-order valence-electron chi connectivity index (χ0n) is 10.7. The second-order valence-corrected chi connectivity index (χ2v) is 7.67. The SMILES string of the molecule is CC(NS(=O)(=O)c1cc([N+](=O)[O-])c(Cl)s1)c1ccccn1. The van der Waals surface area contributed by atoms with Crippen LogP contribution >= 0.6 is 22.9 Å². The van der Waals surface area contributed by atoms with Crippen molar-refractivity contribution in [3.63, 3.8) is 0 Å². The molecule has 2 aromatic rings. The van der Waals surface area contributed by atoms with Gasteiger partial charge in [0.05, 0.1) is 16.7 Å². The smallest absolute Gasteiger partial charge is 0.260 e. The van der Waals surface area contributed by atoms with E-state index in [-0.39, 0.29) is 8.55 Å². The molecule has 0 aliphatic rings. The number of nitro groups is 1. The van der Waals surface area contributed by atoms with Crippen LogP contribution < -0.4 is 4.72 Å². The van der Waals surface area contributed by atoms with Crippen LogP contribution in [0.5, 0.6) is 0 Å². The molecule has 0 radical (unpaired) electrons. The molecule has 0 bridgehead atoms. The Morgan fingerprint density at radius 2 is 2.19 bits per heavy atom. The Labute approximate surface area is 129 Å². The Morgan fingerprint density at radius 1 is 1.48 bits per heavy atom. The molecule has 0 aliphatic carbocycles. The topological polar surface area (TPSA) is 102 Å². The maximum atomic E-state index is 12.2. The first-order valence-corrected chi connectivity index (χ1v) is 8.36. The van der Waals surface area contributed by atoms with Gasteiger partial charge in [-0.3, -0.25) is 15.1 Å². The van der Waals surface area contributed by atoms with Gasteiger partial charge in [0.15, 0.2) is 4.34 Å². The van der Waals surface area contributed by atoms with Gasteiger partial charge < -0.3 is 0 Å². The number of nitrogens with one attached hydrogen (secondary N) is 1. The fourth-order valence-electron chi connectivity index (χ4n) is 1.58. The summed E-state index contributed by atoms with van der Waals surface area (Å²) >= 11 is 6.31. The predicted octanol–water partition coefficient (Wildman–Crippen LogP) is 2.74. The van der Waals surface area contributed by atoms with Crippen molar-refractivity contribution in [2.75, 3.05) is 0 Å². The third kappa shape index (κ3) is 3.56. The molecule has 21 heavy (non-hydrogen) atoms. The molecule has 1 N–H and O–H groups in total. The number of aromatic nitrogens is 1. The molecule has 2 rings (SSSR count). The summed E-state index contributed by atoms with van der Waals surface area (Å²) in [6.45, 7) is 1.63. The van der Waals surface area contributed by atoms with E-state index in [0.29, 0.717) is 17.0 Å². The van der Waals surface area contributed by atoms with Crippen LogP contribution in [0.4, 0.5) is 5.69 Å². The molecule has 0 saturated heterocycles. The van der Waals surface area contributed by atoms with Crippen molar-refractivity contribution in [3.05, 3.63) is 50.6 Å². The summed E-state index contributed by atoms with van der Waals surface area (Å²) < 4.78 is 26.4. The Morgan fingerprint density at radius 3 is 2.71 bits per heavy atom.